The summed E-state index contributed by atoms with van der Waals surface area (Å²) in [6.45, 7) is 15.0. The molecule has 0 saturated carbocycles. The molecule has 0 radical (unpaired) electrons. The first-order chi connectivity index (χ1) is 19.7. The van der Waals surface area contributed by atoms with Gasteiger partial charge in [0.15, 0.2) is 0 Å². The first-order valence-electron chi connectivity index (χ1n) is 16.6. The standard InChI is InChI=1S/C28H66O8Si4/c1-5-9-17-30-21-13-25-37-34-39(27-15-23-32-19-11-7-3)36-40(28-16-24-33-20-12-8-4)35-38(29)26-14-22-31-18-10-6-2/h29,38-40H,5-28,37H2,1-4H3. The molecule has 0 aromatic carbocycles. The van der Waals surface area contributed by atoms with E-state index in [0.29, 0.717) is 12.7 Å². The molecule has 0 aliphatic rings. The second-order valence-electron chi connectivity index (χ2n) is 10.5. The van der Waals surface area contributed by atoms with E-state index in [2.05, 4.69) is 27.7 Å². The highest BCUT2D eigenvalue weighted by Crippen LogP contribution is 2.13. The van der Waals surface area contributed by atoms with Crippen LogP contribution in [-0.4, -0.2) is 95.3 Å². The Kier molecular flexibility index (Phi) is 34.5. The zero-order valence-corrected chi connectivity index (χ0v) is 31.6. The third kappa shape index (κ3) is 30.0. The van der Waals surface area contributed by atoms with Crippen molar-refractivity contribution < 1.29 is 36.1 Å². The second-order valence-corrected chi connectivity index (χ2v) is 19.4. The summed E-state index contributed by atoms with van der Waals surface area (Å²) in [7, 11) is -6.87. The lowest BCUT2D eigenvalue weighted by Crippen LogP contribution is -2.39. The van der Waals surface area contributed by atoms with Gasteiger partial charge in [0.25, 0.3) is 0 Å². The van der Waals surface area contributed by atoms with Crippen molar-refractivity contribution in [2.45, 2.75) is 129 Å². The molecule has 12 heteroatoms. The quantitative estimate of drug-likeness (QED) is 0.0774. The van der Waals surface area contributed by atoms with Crippen LogP contribution >= 0.6 is 0 Å². The first-order valence-corrected chi connectivity index (χ1v) is 23.5. The molecule has 0 saturated heterocycles. The molecule has 0 aromatic rings. The Balaban J connectivity index is 4.77. The summed E-state index contributed by atoms with van der Waals surface area (Å²) in [6, 6.07) is 3.61. The lowest BCUT2D eigenvalue weighted by molar-refractivity contribution is 0.129. The van der Waals surface area contributed by atoms with Gasteiger partial charge in [0.2, 0.25) is 0 Å². The number of ether oxygens (including phenoxy) is 4. The van der Waals surface area contributed by atoms with Gasteiger partial charge in [-0.15, -0.1) is 0 Å². The summed E-state index contributed by atoms with van der Waals surface area (Å²) in [5.41, 5.74) is 0. The van der Waals surface area contributed by atoms with Gasteiger partial charge in [-0.25, -0.2) is 0 Å². The fraction of sp³-hybridized carbons (Fsp3) is 1.00. The molecule has 0 fully saturated rings. The summed E-state index contributed by atoms with van der Waals surface area (Å²) in [6.07, 6.45) is 12.8. The maximum absolute atomic E-state index is 10.8. The third-order valence-corrected chi connectivity index (χ3v) is 17.1. The van der Waals surface area contributed by atoms with Gasteiger partial charge in [-0.1, -0.05) is 53.4 Å². The highest BCUT2D eigenvalue weighted by molar-refractivity contribution is 6.66. The smallest absolute Gasteiger partial charge is 0.309 e. The van der Waals surface area contributed by atoms with Crippen LogP contribution in [0.4, 0.5) is 0 Å². The van der Waals surface area contributed by atoms with Crippen molar-refractivity contribution >= 4 is 37.6 Å². The van der Waals surface area contributed by atoms with Gasteiger partial charge in [-0.2, -0.15) is 0 Å². The molecule has 0 heterocycles. The van der Waals surface area contributed by atoms with Gasteiger partial charge < -0.3 is 36.1 Å². The third-order valence-electron chi connectivity index (χ3n) is 6.36. The molecular formula is C28H66O8Si4. The zero-order chi connectivity index (χ0) is 29.4. The largest absolute Gasteiger partial charge is 0.444 e. The average Bonchev–Trinajstić information content (AvgIpc) is 2.95. The molecule has 3 unspecified atom stereocenters. The average molecular weight is 643 g/mol. The SMILES string of the molecule is CCCCOCCC[SiH2]O[SiH](CCCOCCCC)O[SiH](CCCOCCCC)O[SiH](O)CCCOCCCC. The molecule has 1 N–H and O–H groups in total. The molecule has 0 amide bonds. The van der Waals surface area contributed by atoms with E-state index >= 15 is 0 Å². The molecule has 3 atom stereocenters. The molecule has 8 nitrogen and oxygen atoms in total. The van der Waals surface area contributed by atoms with E-state index in [-0.39, 0.29) is 0 Å². The monoisotopic (exact) mass is 642 g/mol. The molecule has 0 spiro atoms. The van der Waals surface area contributed by atoms with E-state index < -0.39 is 37.6 Å². The maximum atomic E-state index is 10.8. The van der Waals surface area contributed by atoms with Gasteiger partial charge in [0.05, 0.1) is 0 Å². The van der Waals surface area contributed by atoms with Crippen LogP contribution in [0.1, 0.15) is 105 Å². The van der Waals surface area contributed by atoms with E-state index in [9.17, 15) is 4.80 Å². The van der Waals surface area contributed by atoms with Crippen LogP contribution < -0.4 is 0 Å². The normalized spacial score (nSPS) is 14.3. The van der Waals surface area contributed by atoms with Crippen LogP contribution in [0.25, 0.3) is 0 Å². The highest BCUT2D eigenvalue weighted by atomic mass is 28.4. The van der Waals surface area contributed by atoms with Crippen molar-refractivity contribution in [2.24, 2.45) is 0 Å². The molecule has 40 heavy (non-hydrogen) atoms. The first kappa shape index (κ1) is 40.5. The summed E-state index contributed by atoms with van der Waals surface area (Å²) >= 11 is 0. The fourth-order valence-corrected chi connectivity index (χ4v) is 14.8. The summed E-state index contributed by atoms with van der Waals surface area (Å²) in [4.78, 5) is 10.8. The van der Waals surface area contributed by atoms with Crippen molar-refractivity contribution in [3.63, 3.8) is 0 Å². The Bertz CT molecular complexity index is 486. The van der Waals surface area contributed by atoms with Crippen LogP contribution in [0, 0.1) is 0 Å². The van der Waals surface area contributed by atoms with Gasteiger partial charge in [-0.3, -0.25) is 0 Å². The van der Waals surface area contributed by atoms with E-state index in [1.54, 1.807) is 0 Å². The minimum atomic E-state index is -2.29. The molecule has 242 valence electrons. The summed E-state index contributed by atoms with van der Waals surface area (Å²) < 4.78 is 42.4. The highest BCUT2D eigenvalue weighted by Gasteiger charge is 2.25. The molecule has 0 aliphatic carbocycles. The van der Waals surface area contributed by atoms with Crippen LogP contribution in [-0.2, 0) is 31.3 Å². The summed E-state index contributed by atoms with van der Waals surface area (Å²) in [5, 5.41) is 0. The number of hydrogen-bond donors (Lipinski definition) is 1. The topological polar surface area (TPSA) is 84.8 Å². The van der Waals surface area contributed by atoms with Crippen molar-refractivity contribution in [3.8, 4) is 0 Å². The Hall–Kier alpha value is 0.548. The predicted molar refractivity (Wildman–Crippen MR) is 176 cm³/mol. The van der Waals surface area contributed by atoms with Crippen molar-refractivity contribution in [1.82, 2.24) is 0 Å². The fourth-order valence-electron chi connectivity index (χ4n) is 3.75. The van der Waals surface area contributed by atoms with E-state index in [0.717, 1.165) is 135 Å². The van der Waals surface area contributed by atoms with Gasteiger partial charge in [-0.05, 0) is 75.5 Å². The minimum Gasteiger partial charge on any atom is -0.444 e. The second kappa shape index (κ2) is 34.0. The lowest BCUT2D eigenvalue weighted by Gasteiger charge is -2.25. The van der Waals surface area contributed by atoms with Crippen LogP contribution in [0.3, 0.4) is 0 Å². The Morgan fingerprint density at radius 1 is 0.475 bits per heavy atom. The Morgan fingerprint density at radius 2 is 0.875 bits per heavy atom. The van der Waals surface area contributed by atoms with E-state index in [1.165, 1.54) is 6.42 Å². The number of unbranched alkanes of at least 4 members (excludes halogenated alkanes) is 4. The van der Waals surface area contributed by atoms with Gasteiger partial charge in [0.1, 0.15) is 9.76 Å². The maximum Gasteiger partial charge on any atom is 0.309 e. The van der Waals surface area contributed by atoms with Gasteiger partial charge >= 0.3 is 27.9 Å². The minimum absolute atomic E-state index is 0.660. The Labute approximate surface area is 255 Å². The molecule has 0 aliphatic heterocycles. The molecule has 0 bridgehead atoms. The van der Waals surface area contributed by atoms with Crippen LogP contribution in [0.5, 0.6) is 0 Å². The number of hydrogen-bond acceptors (Lipinski definition) is 8. The van der Waals surface area contributed by atoms with Crippen molar-refractivity contribution in [3.05, 3.63) is 0 Å². The molecular weight excluding hydrogens is 577 g/mol. The zero-order valence-electron chi connectivity index (χ0n) is 26.7. The predicted octanol–water partition coefficient (Wildman–Crippen LogP) is 5.02. The van der Waals surface area contributed by atoms with Gasteiger partial charge in [0, 0.05) is 52.9 Å². The summed E-state index contributed by atoms with van der Waals surface area (Å²) in [5.74, 6) is 0. The van der Waals surface area contributed by atoms with Crippen molar-refractivity contribution in [2.75, 3.05) is 52.9 Å². The number of rotatable bonds is 34. The lowest BCUT2D eigenvalue weighted by atomic mass is 10.4. The molecule has 0 aromatic heterocycles. The van der Waals surface area contributed by atoms with Crippen LogP contribution in [0.2, 0.25) is 24.2 Å². The van der Waals surface area contributed by atoms with E-state index in [4.69, 9.17) is 31.3 Å². The molecule has 0 rings (SSSR count). The van der Waals surface area contributed by atoms with E-state index in [1.807, 2.05) is 0 Å². The Morgan fingerprint density at radius 3 is 1.35 bits per heavy atom. The van der Waals surface area contributed by atoms with Crippen molar-refractivity contribution in [1.29, 1.82) is 0 Å². The van der Waals surface area contributed by atoms with Crippen LogP contribution in [0.15, 0.2) is 0 Å².